The summed E-state index contributed by atoms with van der Waals surface area (Å²) in [5, 5.41) is 3.45. The van der Waals surface area contributed by atoms with Crippen LogP contribution >= 0.6 is 23.2 Å². The van der Waals surface area contributed by atoms with Crippen molar-refractivity contribution in [2.24, 2.45) is 0 Å². The van der Waals surface area contributed by atoms with Crippen LogP contribution in [0, 0.1) is 6.92 Å². The van der Waals surface area contributed by atoms with Gasteiger partial charge in [0.2, 0.25) is 11.8 Å². The van der Waals surface area contributed by atoms with Crippen molar-refractivity contribution in [3.05, 3.63) is 87.9 Å². The zero-order chi connectivity index (χ0) is 30.3. The molecule has 1 N–H and O–H groups in total. The van der Waals surface area contributed by atoms with Gasteiger partial charge in [-0.1, -0.05) is 59.1 Å². The van der Waals surface area contributed by atoms with E-state index in [1.807, 2.05) is 20.8 Å². The highest BCUT2D eigenvalue weighted by Gasteiger charge is 2.34. The number of carbonyl (C=O) groups is 2. The number of aryl methyl sites for hydroxylation is 1. The van der Waals surface area contributed by atoms with Crippen molar-refractivity contribution < 1.29 is 22.7 Å². The Kier molecular flexibility index (Phi) is 11.1. The minimum absolute atomic E-state index is 0.00787. The number of hydrogen-bond donors (Lipinski definition) is 1. The molecule has 0 radical (unpaired) electrons. The Morgan fingerprint density at radius 1 is 0.927 bits per heavy atom. The number of rotatable bonds is 12. The standard InChI is InChI=1S/C30H35Cl2N3O5S/c1-6-40-28-13-8-7-12-27(28)35(41(38,39)23-16-14-21(4)15-17-23)19-29(36)34(22(5)30(37)33-20(2)3)18-24-25(31)10-9-11-26(24)32/h7-17,20,22H,6,18-19H2,1-5H3,(H,33,37)/t22-/m0/s1. The van der Waals surface area contributed by atoms with E-state index < -0.39 is 34.4 Å². The molecular weight excluding hydrogens is 585 g/mol. The summed E-state index contributed by atoms with van der Waals surface area (Å²) in [4.78, 5) is 28.5. The molecule has 0 fully saturated rings. The summed E-state index contributed by atoms with van der Waals surface area (Å²) in [6.07, 6.45) is 0. The number of amides is 2. The maximum Gasteiger partial charge on any atom is 0.264 e. The fourth-order valence-electron chi connectivity index (χ4n) is 4.13. The number of benzene rings is 3. The largest absolute Gasteiger partial charge is 0.492 e. The number of ether oxygens (including phenoxy) is 1. The normalized spacial score (nSPS) is 12.1. The van der Waals surface area contributed by atoms with Gasteiger partial charge in [-0.3, -0.25) is 13.9 Å². The van der Waals surface area contributed by atoms with E-state index in [4.69, 9.17) is 27.9 Å². The molecule has 0 aromatic heterocycles. The second kappa shape index (κ2) is 14.1. The molecule has 0 saturated heterocycles. The van der Waals surface area contributed by atoms with Crippen molar-refractivity contribution in [1.82, 2.24) is 10.2 Å². The first-order valence-corrected chi connectivity index (χ1v) is 15.4. The van der Waals surface area contributed by atoms with Crippen LogP contribution in [0.25, 0.3) is 0 Å². The average molecular weight is 621 g/mol. The van der Waals surface area contributed by atoms with Gasteiger partial charge in [0.15, 0.2) is 0 Å². The Morgan fingerprint density at radius 2 is 1.54 bits per heavy atom. The van der Waals surface area contributed by atoms with Crippen LogP contribution in [-0.2, 0) is 26.2 Å². The maximum atomic E-state index is 14.1. The predicted octanol–water partition coefficient (Wildman–Crippen LogP) is 5.84. The van der Waals surface area contributed by atoms with E-state index in [-0.39, 0.29) is 29.8 Å². The molecule has 3 rings (SSSR count). The molecule has 3 aromatic carbocycles. The van der Waals surface area contributed by atoms with E-state index in [0.717, 1.165) is 9.87 Å². The third kappa shape index (κ3) is 7.93. The van der Waals surface area contributed by atoms with Gasteiger partial charge in [0.1, 0.15) is 18.3 Å². The Labute approximate surface area is 252 Å². The van der Waals surface area contributed by atoms with Gasteiger partial charge in [0.25, 0.3) is 10.0 Å². The molecule has 1 atom stereocenters. The molecule has 0 heterocycles. The summed E-state index contributed by atoms with van der Waals surface area (Å²) in [6, 6.07) is 16.8. The van der Waals surface area contributed by atoms with E-state index in [0.29, 0.717) is 21.4 Å². The van der Waals surface area contributed by atoms with Gasteiger partial charge < -0.3 is 15.0 Å². The molecule has 0 saturated carbocycles. The van der Waals surface area contributed by atoms with Crippen LogP contribution in [0.2, 0.25) is 10.0 Å². The molecule has 3 aromatic rings. The number of nitrogens with zero attached hydrogens (tertiary/aromatic N) is 2. The van der Waals surface area contributed by atoms with Crippen molar-refractivity contribution >= 4 is 50.7 Å². The fourth-order valence-corrected chi connectivity index (χ4v) is 6.07. The van der Waals surface area contributed by atoms with E-state index in [1.165, 1.54) is 17.0 Å². The first-order valence-electron chi connectivity index (χ1n) is 13.2. The molecule has 8 nitrogen and oxygen atoms in total. The van der Waals surface area contributed by atoms with Crippen LogP contribution in [0.15, 0.2) is 71.6 Å². The van der Waals surface area contributed by atoms with Crippen molar-refractivity contribution in [2.45, 2.75) is 58.1 Å². The van der Waals surface area contributed by atoms with Gasteiger partial charge in [-0.15, -0.1) is 0 Å². The summed E-state index contributed by atoms with van der Waals surface area (Å²) < 4.78 is 34.9. The molecule has 220 valence electrons. The van der Waals surface area contributed by atoms with Crippen molar-refractivity contribution in [2.75, 3.05) is 17.5 Å². The summed E-state index contributed by atoms with van der Waals surface area (Å²) >= 11 is 12.8. The van der Waals surface area contributed by atoms with Crippen molar-refractivity contribution in [3.63, 3.8) is 0 Å². The molecule has 0 bridgehead atoms. The van der Waals surface area contributed by atoms with Crippen LogP contribution in [0.4, 0.5) is 5.69 Å². The second-order valence-corrected chi connectivity index (χ2v) is 12.5. The molecule has 0 aliphatic carbocycles. The van der Waals surface area contributed by atoms with E-state index in [2.05, 4.69) is 5.32 Å². The van der Waals surface area contributed by atoms with Gasteiger partial charge in [-0.05, 0) is 71.0 Å². The molecule has 0 aliphatic rings. The maximum absolute atomic E-state index is 14.1. The lowest BCUT2D eigenvalue weighted by molar-refractivity contribution is -0.139. The Balaban J connectivity index is 2.12. The summed E-state index contributed by atoms with van der Waals surface area (Å²) in [5.74, 6) is -0.738. The van der Waals surface area contributed by atoms with Crippen molar-refractivity contribution in [1.29, 1.82) is 0 Å². The predicted molar refractivity (Wildman–Crippen MR) is 163 cm³/mol. The molecule has 0 unspecified atom stereocenters. The van der Waals surface area contributed by atoms with Gasteiger partial charge in [0.05, 0.1) is 17.2 Å². The quantitative estimate of drug-likeness (QED) is 0.275. The highest BCUT2D eigenvalue weighted by Crippen LogP contribution is 2.33. The highest BCUT2D eigenvalue weighted by molar-refractivity contribution is 7.92. The number of carbonyl (C=O) groups excluding carboxylic acids is 2. The fraction of sp³-hybridized carbons (Fsp3) is 0.333. The Bertz CT molecular complexity index is 1460. The van der Waals surface area contributed by atoms with E-state index in [9.17, 15) is 18.0 Å². The second-order valence-electron chi connectivity index (χ2n) is 9.79. The zero-order valence-electron chi connectivity index (χ0n) is 23.7. The van der Waals surface area contributed by atoms with Crippen molar-refractivity contribution in [3.8, 4) is 5.75 Å². The highest BCUT2D eigenvalue weighted by atomic mass is 35.5. The van der Waals surface area contributed by atoms with E-state index >= 15 is 0 Å². The summed E-state index contributed by atoms with van der Waals surface area (Å²) in [7, 11) is -4.24. The minimum atomic E-state index is -4.24. The first-order chi connectivity index (χ1) is 19.4. The van der Waals surface area contributed by atoms with Crippen LogP contribution in [0.3, 0.4) is 0 Å². The molecular formula is C30H35Cl2N3O5S. The van der Waals surface area contributed by atoms with Gasteiger partial charge in [0, 0.05) is 28.2 Å². The third-order valence-electron chi connectivity index (χ3n) is 6.31. The SMILES string of the molecule is CCOc1ccccc1N(CC(=O)N(Cc1c(Cl)cccc1Cl)[C@@H](C)C(=O)NC(C)C)S(=O)(=O)c1ccc(C)cc1. The monoisotopic (exact) mass is 619 g/mol. The molecule has 0 aliphatic heterocycles. The summed E-state index contributed by atoms with van der Waals surface area (Å²) in [5.41, 5.74) is 1.52. The lowest BCUT2D eigenvalue weighted by Crippen LogP contribution is -2.52. The average Bonchev–Trinajstić information content (AvgIpc) is 2.91. The molecule has 0 spiro atoms. The molecule has 2 amide bonds. The number of sulfonamides is 1. The smallest absolute Gasteiger partial charge is 0.264 e. The zero-order valence-corrected chi connectivity index (χ0v) is 26.1. The Morgan fingerprint density at radius 3 is 2.12 bits per heavy atom. The lowest BCUT2D eigenvalue weighted by Gasteiger charge is -2.33. The number of nitrogens with one attached hydrogen (secondary N) is 1. The number of anilines is 1. The van der Waals surface area contributed by atoms with Gasteiger partial charge >= 0.3 is 0 Å². The van der Waals surface area contributed by atoms with Gasteiger partial charge in [-0.2, -0.15) is 0 Å². The van der Waals surface area contributed by atoms with Crippen LogP contribution < -0.4 is 14.4 Å². The van der Waals surface area contributed by atoms with E-state index in [1.54, 1.807) is 68.4 Å². The Hall–Kier alpha value is -3.27. The number of halogens is 2. The topological polar surface area (TPSA) is 96.0 Å². The third-order valence-corrected chi connectivity index (χ3v) is 8.79. The van der Waals surface area contributed by atoms with Crippen LogP contribution in [0.1, 0.15) is 38.8 Å². The van der Waals surface area contributed by atoms with Gasteiger partial charge in [-0.25, -0.2) is 8.42 Å². The minimum Gasteiger partial charge on any atom is -0.492 e. The number of hydrogen-bond acceptors (Lipinski definition) is 5. The molecule has 11 heteroatoms. The number of para-hydroxylation sites is 2. The lowest BCUT2D eigenvalue weighted by atomic mass is 10.1. The molecule has 41 heavy (non-hydrogen) atoms. The summed E-state index contributed by atoms with van der Waals surface area (Å²) in [6.45, 7) is 8.39. The van der Waals surface area contributed by atoms with Crippen LogP contribution in [0.5, 0.6) is 5.75 Å². The van der Waals surface area contributed by atoms with Crippen LogP contribution in [-0.4, -0.2) is 50.4 Å². The first kappa shape index (κ1) is 32.2.